The maximum absolute atomic E-state index is 12.7. The van der Waals surface area contributed by atoms with Crippen LogP contribution in [0.25, 0.3) is 11.1 Å². The summed E-state index contributed by atoms with van der Waals surface area (Å²) in [7, 11) is 0. The molecular weight excluding hydrogens is 335 g/mol. The van der Waals surface area contributed by atoms with Crippen LogP contribution >= 0.6 is 31.9 Å². The van der Waals surface area contributed by atoms with E-state index in [2.05, 4.69) is 31.9 Å². The van der Waals surface area contributed by atoms with Crippen LogP contribution < -0.4 is 0 Å². The Morgan fingerprint density at radius 3 is 2.44 bits per heavy atom. The van der Waals surface area contributed by atoms with Crippen LogP contribution in [0.2, 0.25) is 0 Å². The summed E-state index contributed by atoms with van der Waals surface area (Å²) < 4.78 is 14.6. The van der Waals surface area contributed by atoms with Crippen LogP contribution in [0.1, 0.15) is 5.56 Å². The maximum atomic E-state index is 12.7. The summed E-state index contributed by atoms with van der Waals surface area (Å²) in [5.41, 5.74) is 2.76. The third kappa shape index (κ3) is 2.36. The second-order valence-electron chi connectivity index (χ2n) is 3.42. The minimum atomic E-state index is -0.456. The van der Waals surface area contributed by atoms with Crippen LogP contribution in [0.3, 0.4) is 0 Å². The van der Waals surface area contributed by atoms with Crippen molar-refractivity contribution in [2.45, 2.75) is 6.67 Å². The highest BCUT2D eigenvalue weighted by Crippen LogP contribution is 2.32. The smallest absolute Gasteiger partial charge is 0.116 e. The van der Waals surface area contributed by atoms with E-state index in [1.807, 2.05) is 36.4 Å². The number of halogens is 3. The highest BCUT2D eigenvalue weighted by Gasteiger charge is 2.07. The standard InChI is InChI=1S/C13H9Br2F/c14-11-5-1-3-9(7-11)12-6-2-4-10(8-16)13(12)15/h1-7H,8H2. The second kappa shape index (κ2) is 5.11. The van der Waals surface area contributed by atoms with Crippen LogP contribution in [-0.4, -0.2) is 0 Å². The van der Waals surface area contributed by atoms with Crippen molar-refractivity contribution in [3.05, 3.63) is 57.0 Å². The van der Waals surface area contributed by atoms with E-state index < -0.39 is 6.67 Å². The lowest BCUT2D eigenvalue weighted by atomic mass is 10.0. The Morgan fingerprint density at radius 2 is 1.75 bits per heavy atom. The number of benzene rings is 2. The normalized spacial score (nSPS) is 10.4. The molecule has 2 aromatic carbocycles. The van der Waals surface area contributed by atoms with E-state index in [9.17, 15) is 4.39 Å². The Labute approximate surface area is 111 Å². The Balaban J connectivity index is 2.56. The van der Waals surface area contributed by atoms with Gasteiger partial charge < -0.3 is 0 Å². The Morgan fingerprint density at radius 1 is 1.00 bits per heavy atom. The number of rotatable bonds is 2. The summed E-state index contributed by atoms with van der Waals surface area (Å²) in [4.78, 5) is 0. The van der Waals surface area contributed by atoms with E-state index in [4.69, 9.17) is 0 Å². The van der Waals surface area contributed by atoms with E-state index >= 15 is 0 Å². The minimum absolute atomic E-state index is 0.456. The third-order valence-corrected chi connectivity index (χ3v) is 3.79. The van der Waals surface area contributed by atoms with Gasteiger partial charge in [0, 0.05) is 8.95 Å². The first-order valence-corrected chi connectivity index (χ1v) is 6.40. The molecule has 0 bridgehead atoms. The van der Waals surface area contributed by atoms with E-state index in [0.717, 1.165) is 20.1 Å². The predicted molar refractivity (Wildman–Crippen MR) is 72.1 cm³/mol. The quantitative estimate of drug-likeness (QED) is 0.689. The van der Waals surface area contributed by atoms with Gasteiger partial charge in [0.25, 0.3) is 0 Å². The number of hydrogen-bond acceptors (Lipinski definition) is 0. The van der Waals surface area contributed by atoms with Gasteiger partial charge in [0.15, 0.2) is 0 Å². The molecule has 0 heterocycles. The molecule has 82 valence electrons. The van der Waals surface area contributed by atoms with Crippen LogP contribution in [0.15, 0.2) is 51.4 Å². The molecule has 0 aliphatic heterocycles. The second-order valence-corrected chi connectivity index (χ2v) is 5.13. The lowest BCUT2D eigenvalue weighted by molar-refractivity contribution is 0.484. The highest BCUT2D eigenvalue weighted by molar-refractivity contribution is 9.11. The van der Waals surface area contributed by atoms with Crippen molar-refractivity contribution < 1.29 is 4.39 Å². The molecule has 0 unspecified atom stereocenters. The zero-order valence-electron chi connectivity index (χ0n) is 8.38. The molecule has 0 atom stereocenters. The first kappa shape index (κ1) is 11.8. The number of hydrogen-bond donors (Lipinski definition) is 0. The summed E-state index contributed by atoms with van der Waals surface area (Å²) >= 11 is 6.88. The van der Waals surface area contributed by atoms with E-state index in [-0.39, 0.29) is 0 Å². The molecule has 0 saturated carbocycles. The van der Waals surface area contributed by atoms with Gasteiger partial charge in [-0.05, 0) is 44.8 Å². The zero-order valence-corrected chi connectivity index (χ0v) is 11.6. The maximum Gasteiger partial charge on any atom is 0.116 e. The predicted octanol–water partition coefficient (Wildman–Crippen LogP) is 5.35. The number of alkyl halides is 1. The fraction of sp³-hybridized carbons (Fsp3) is 0.0769. The monoisotopic (exact) mass is 342 g/mol. The van der Waals surface area contributed by atoms with Gasteiger partial charge in [0.2, 0.25) is 0 Å². The van der Waals surface area contributed by atoms with E-state index in [1.54, 1.807) is 6.07 Å². The van der Waals surface area contributed by atoms with Gasteiger partial charge >= 0.3 is 0 Å². The molecule has 0 aliphatic carbocycles. The lowest BCUT2D eigenvalue weighted by Crippen LogP contribution is -1.86. The molecule has 0 aromatic heterocycles. The lowest BCUT2D eigenvalue weighted by Gasteiger charge is -2.08. The van der Waals surface area contributed by atoms with Crippen molar-refractivity contribution in [1.29, 1.82) is 0 Å². The van der Waals surface area contributed by atoms with Crippen molar-refractivity contribution in [1.82, 2.24) is 0 Å². The van der Waals surface area contributed by atoms with Gasteiger partial charge in [0.1, 0.15) is 6.67 Å². The summed E-state index contributed by atoms with van der Waals surface area (Å²) in [5.74, 6) is 0. The Hall–Kier alpha value is -0.670. The van der Waals surface area contributed by atoms with Crippen molar-refractivity contribution >= 4 is 31.9 Å². The fourth-order valence-electron chi connectivity index (χ4n) is 1.56. The zero-order chi connectivity index (χ0) is 11.5. The van der Waals surface area contributed by atoms with Gasteiger partial charge in [-0.25, -0.2) is 4.39 Å². The van der Waals surface area contributed by atoms with Gasteiger partial charge in [-0.2, -0.15) is 0 Å². The van der Waals surface area contributed by atoms with Crippen molar-refractivity contribution in [2.24, 2.45) is 0 Å². The molecule has 0 radical (unpaired) electrons. The molecule has 0 aliphatic rings. The van der Waals surface area contributed by atoms with Gasteiger partial charge in [-0.3, -0.25) is 0 Å². The molecule has 0 spiro atoms. The van der Waals surface area contributed by atoms with E-state index in [0.29, 0.717) is 5.56 Å². The molecule has 0 N–H and O–H groups in total. The molecule has 2 aromatic rings. The first-order chi connectivity index (χ1) is 7.72. The minimum Gasteiger partial charge on any atom is -0.246 e. The summed E-state index contributed by atoms with van der Waals surface area (Å²) in [6.45, 7) is -0.456. The van der Waals surface area contributed by atoms with Crippen LogP contribution in [0.5, 0.6) is 0 Å². The van der Waals surface area contributed by atoms with Crippen molar-refractivity contribution in [2.75, 3.05) is 0 Å². The SMILES string of the molecule is FCc1cccc(-c2cccc(Br)c2)c1Br. The molecule has 0 nitrogen and oxygen atoms in total. The van der Waals surface area contributed by atoms with Crippen molar-refractivity contribution in [3.63, 3.8) is 0 Å². The summed E-state index contributed by atoms with van der Waals surface area (Å²) in [6, 6.07) is 13.6. The van der Waals surface area contributed by atoms with Crippen molar-refractivity contribution in [3.8, 4) is 11.1 Å². The molecule has 3 heteroatoms. The average Bonchev–Trinajstić information content (AvgIpc) is 2.29. The average molecular weight is 344 g/mol. The van der Waals surface area contributed by atoms with Crippen LogP contribution in [0, 0.1) is 0 Å². The molecule has 0 saturated heterocycles. The first-order valence-electron chi connectivity index (χ1n) is 4.81. The largest absolute Gasteiger partial charge is 0.246 e. The molecule has 0 fully saturated rings. The Bertz CT molecular complexity index is 509. The van der Waals surface area contributed by atoms with Gasteiger partial charge in [-0.15, -0.1) is 0 Å². The highest BCUT2D eigenvalue weighted by atomic mass is 79.9. The molecule has 0 amide bonds. The Kier molecular flexibility index (Phi) is 3.77. The van der Waals surface area contributed by atoms with E-state index in [1.165, 1.54) is 0 Å². The van der Waals surface area contributed by atoms with Gasteiger partial charge in [-0.1, -0.05) is 46.3 Å². The molecular formula is C13H9Br2F. The summed E-state index contributed by atoms with van der Waals surface area (Å²) in [5, 5.41) is 0. The molecule has 2 rings (SSSR count). The topological polar surface area (TPSA) is 0 Å². The summed E-state index contributed by atoms with van der Waals surface area (Å²) in [6.07, 6.45) is 0. The molecule has 16 heavy (non-hydrogen) atoms. The fourth-order valence-corrected chi connectivity index (χ4v) is 2.56. The van der Waals surface area contributed by atoms with Crippen LogP contribution in [0.4, 0.5) is 4.39 Å². The van der Waals surface area contributed by atoms with Crippen LogP contribution in [-0.2, 0) is 6.67 Å². The van der Waals surface area contributed by atoms with Gasteiger partial charge in [0.05, 0.1) is 0 Å². The third-order valence-electron chi connectivity index (χ3n) is 2.36.